The highest BCUT2D eigenvalue weighted by atomic mass is 35.5. The van der Waals surface area contributed by atoms with E-state index in [1.165, 1.54) is 36.9 Å². The van der Waals surface area contributed by atoms with Gasteiger partial charge in [-0.2, -0.15) is 0 Å². The van der Waals surface area contributed by atoms with Gasteiger partial charge in [0.05, 0.1) is 0 Å². The Morgan fingerprint density at radius 2 is 1.51 bits per heavy atom. The van der Waals surface area contributed by atoms with Crippen molar-refractivity contribution in [1.29, 1.82) is 0 Å². The van der Waals surface area contributed by atoms with Crippen LogP contribution < -0.4 is 10.6 Å². The Kier molecular flexibility index (Phi) is 12.3. The summed E-state index contributed by atoms with van der Waals surface area (Å²) in [4.78, 5) is 64.9. The van der Waals surface area contributed by atoms with E-state index in [0.717, 1.165) is 21.6 Å². The van der Waals surface area contributed by atoms with Crippen LogP contribution in [0.3, 0.4) is 0 Å². The molecular weight excluding hydrogens is 786 g/mol. The Labute approximate surface area is 344 Å². The number of carbonyl (C=O) groups is 4. The highest BCUT2D eigenvalue weighted by Gasteiger charge is 2.54. The SMILES string of the molecule is CC(C)(C)OC(=O)C(C)(C)O/N=C(\C(=O)NC1C(=O)N2C(C(=O)O)=C(/C=C\CCl)CS[C@H]12)c1csc(NC(c2ccccc2)(c2ccccc2)c2ccccc2)n1. The van der Waals surface area contributed by atoms with E-state index in [9.17, 15) is 24.3 Å². The lowest BCUT2D eigenvalue weighted by atomic mass is 9.77. The number of hydrogen-bond donors (Lipinski definition) is 3. The molecule has 0 saturated carbocycles. The molecule has 1 unspecified atom stereocenters. The highest BCUT2D eigenvalue weighted by molar-refractivity contribution is 8.00. The van der Waals surface area contributed by atoms with Gasteiger partial charge in [0.2, 0.25) is 5.60 Å². The third kappa shape index (κ3) is 8.78. The molecule has 2 aliphatic heterocycles. The second kappa shape index (κ2) is 17.0. The summed E-state index contributed by atoms with van der Waals surface area (Å²) < 4.78 is 5.54. The van der Waals surface area contributed by atoms with Crippen LogP contribution in [0.1, 0.15) is 57.0 Å². The summed E-state index contributed by atoms with van der Waals surface area (Å²) in [6, 6.07) is 28.7. The van der Waals surface area contributed by atoms with Gasteiger partial charge in [-0.15, -0.1) is 34.7 Å². The number of amides is 2. The van der Waals surface area contributed by atoms with Gasteiger partial charge in [-0.25, -0.2) is 14.6 Å². The number of allylic oxidation sites excluding steroid dienone is 2. The second-order valence-corrected chi connectivity index (χ2v) is 16.9. The molecule has 57 heavy (non-hydrogen) atoms. The molecule has 6 rings (SSSR count). The quantitative estimate of drug-likeness (QED) is 0.0304. The van der Waals surface area contributed by atoms with Crippen molar-refractivity contribution in [2.75, 3.05) is 16.9 Å². The van der Waals surface area contributed by atoms with Crippen molar-refractivity contribution in [2.24, 2.45) is 5.16 Å². The number of halogens is 1. The van der Waals surface area contributed by atoms with Crippen LogP contribution in [0.2, 0.25) is 0 Å². The normalized spacial score (nSPS) is 17.5. The summed E-state index contributed by atoms with van der Waals surface area (Å²) in [6.45, 7) is 8.08. The molecule has 0 bridgehead atoms. The molecule has 15 heteroatoms. The molecule has 2 amide bonds. The van der Waals surface area contributed by atoms with E-state index in [2.05, 4.69) is 15.8 Å². The lowest BCUT2D eigenvalue weighted by Crippen LogP contribution is -2.71. The number of ether oxygens (including phenoxy) is 1. The number of rotatable bonds is 14. The van der Waals surface area contributed by atoms with Crippen molar-refractivity contribution >= 4 is 69.3 Å². The van der Waals surface area contributed by atoms with E-state index < -0.39 is 51.9 Å². The molecule has 296 valence electrons. The third-order valence-electron chi connectivity index (χ3n) is 9.03. The lowest BCUT2D eigenvalue weighted by molar-refractivity contribution is -0.179. The number of β-lactam (4-membered cyclic amide) rings is 1. The van der Waals surface area contributed by atoms with Gasteiger partial charge in [-0.1, -0.05) is 108 Å². The van der Waals surface area contributed by atoms with Gasteiger partial charge in [-0.05, 0) is 56.9 Å². The molecule has 0 spiro atoms. The molecule has 2 aliphatic rings. The molecule has 3 heterocycles. The van der Waals surface area contributed by atoms with Crippen LogP contribution in [0.15, 0.2) is 125 Å². The minimum absolute atomic E-state index is 0.0996. The van der Waals surface area contributed by atoms with Crippen molar-refractivity contribution in [3.8, 4) is 0 Å². The van der Waals surface area contributed by atoms with E-state index in [1.54, 1.807) is 38.3 Å². The fourth-order valence-corrected chi connectivity index (χ4v) is 8.51. The average molecular weight is 828 g/mol. The predicted octanol–water partition coefficient (Wildman–Crippen LogP) is 6.92. The van der Waals surface area contributed by atoms with Crippen molar-refractivity contribution < 1.29 is 33.9 Å². The molecule has 4 aromatic rings. The van der Waals surface area contributed by atoms with Crippen molar-refractivity contribution in [1.82, 2.24) is 15.2 Å². The first-order chi connectivity index (χ1) is 27.2. The maximum atomic E-state index is 14.2. The maximum absolute atomic E-state index is 14.2. The zero-order valence-corrected chi connectivity index (χ0v) is 34.3. The van der Waals surface area contributed by atoms with Crippen molar-refractivity contribution in [2.45, 2.75) is 62.8 Å². The summed E-state index contributed by atoms with van der Waals surface area (Å²) >= 11 is 8.31. The van der Waals surface area contributed by atoms with Crippen LogP contribution in [0.25, 0.3) is 0 Å². The number of anilines is 1. The van der Waals surface area contributed by atoms with Gasteiger partial charge in [-0.3, -0.25) is 14.5 Å². The Balaban J connectivity index is 1.37. The Morgan fingerprint density at radius 1 is 0.947 bits per heavy atom. The highest BCUT2D eigenvalue weighted by Crippen LogP contribution is 2.42. The molecule has 1 saturated heterocycles. The van der Waals surface area contributed by atoms with Gasteiger partial charge < -0.3 is 25.3 Å². The third-order valence-corrected chi connectivity index (χ3v) is 11.3. The monoisotopic (exact) mass is 827 g/mol. The minimum Gasteiger partial charge on any atom is -0.477 e. The standard InChI is InChI=1S/C42H42ClN5O7S2/c1-40(2,3)54-38(53)41(4,5)55-47-31(34(49)45-32-35(50)48-33(37(51)52)26(16-15-23-43)24-56-36(32)48)30-25-57-39(44-30)46-42(27-17-9-6-10-18-27,28-19-11-7-12-20-28)29-21-13-8-14-22-29/h6-22,25,32,36H,23-24H2,1-5H3,(H,44,46)(H,45,49)(H,51,52)/b16-15-,47-31-/t32?,36-/m1/s1. The molecule has 0 aliphatic carbocycles. The van der Waals surface area contributed by atoms with Crippen molar-refractivity contribution in [3.63, 3.8) is 0 Å². The van der Waals surface area contributed by atoms with Crippen LogP contribution in [0.5, 0.6) is 0 Å². The summed E-state index contributed by atoms with van der Waals surface area (Å²) in [5.74, 6) is -2.97. The van der Waals surface area contributed by atoms with Gasteiger partial charge >= 0.3 is 11.9 Å². The summed E-state index contributed by atoms with van der Waals surface area (Å²) in [5.41, 5.74) is -0.529. The molecule has 3 N–H and O–H groups in total. The van der Waals surface area contributed by atoms with Crippen LogP contribution in [-0.2, 0) is 34.3 Å². The summed E-state index contributed by atoms with van der Waals surface area (Å²) in [7, 11) is 0. The average Bonchev–Trinajstić information content (AvgIpc) is 3.65. The fourth-order valence-electron chi connectivity index (χ4n) is 6.35. The minimum atomic E-state index is -1.63. The van der Waals surface area contributed by atoms with Crippen LogP contribution in [-0.4, -0.2) is 78.7 Å². The number of carbonyl (C=O) groups excluding carboxylic acids is 3. The number of nitrogens with one attached hydrogen (secondary N) is 2. The number of benzene rings is 3. The number of nitrogens with zero attached hydrogens (tertiary/aromatic N) is 3. The smallest absolute Gasteiger partial charge is 0.353 e. The molecule has 0 radical (unpaired) electrons. The van der Waals surface area contributed by atoms with E-state index >= 15 is 0 Å². The first-order valence-corrected chi connectivity index (χ1v) is 20.5. The van der Waals surface area contributed by atoms with Crippen LogP contribution >= 0.6 is 34.7 Å². The van der Waals surface area contributed by atoms with Gasteiger partial charge in [0.15, 0.2) is 10.8 Å². The van der Waals surface area contributed by atoms with Gasteiger partial charge in [0.1, 0.15) is 33.9 Å². The van der Waals surface area contributed by atoms with Gasteiger partial charge in [0, 0.05) is 17.0 Å². The summed E-state index contributed by atoms with van der Waals surface area (Å²) in [6.07, 6.45) is 3.19. The molecule has 3 aromatic carbocycles. The molecule has 12 nitrogen and oxygen atoms in total. The topological polar surface area (TPSA) is 160 Å². The van der Waals surface area contributed by atoms with Gasteiger partial charge in [0.25, 0.3) is 11.8 Å². The lowest BCUT2D eigenvalue weighted by Gasteiger charge is -2.49. The Bertz CT molecular complexity index is 2120. The Hall–Kier alpha value is -5.44. The Morgan fingerprint density at radius 3 is 2.02 bits per heavy atom. The zero-order valence-electron chi connectivity index (χ0n) is 31.9. The molecule has 2 atom stereocenters. The number of thioether (sulfide) groups is 1. The van der Waals surface area contributed by atoms with E-state index in [-0.39, 0.29) is 28.7 Å². The number of alkyl halides is 1. The van der Waals surface area contributed by atoms with E-state index in [1.807, 2.05) is 91.0 Å². The number of fused-ring (bicyclic) bond motifs is 1. The number of oxime groups is 1. The molecule has 1 aromatic heterocycles. The summed E-state index contributed by atoms with van der Waals surface area (Å²) in [5, 5.41) is 22.0. The molecule has 1 fully saturated rings. The fraction of sp³-hybridized carbons (Fsp3) is 0.286. The number of thiazole rings is 1. The number of aromatic nitrogens is 1. The maximum Gasteiger partial charge on any atom is 0.353 e. The zero-order chi connectivity index (χ0) is 41.0. The number of esters is 1. The first kappa shape index (κ1) is 41.2. The number of hydrogen-bond acceptors (Lipinski definition) is 11. The van der Waals surface area contributed by atoms with E-state index in [0.29, 0.717) is 10.7 Å². The predicted molar refractivity (Wildman–Crippen MR) is 222 cm³/mol. The van der Waals surface area contributed by atoms with E-state index in [4.69, 9.17) is 26.2 Å². The second-order valence-electron chi connectivity index (χ2n) is 14.7. The van der Waals surface area contributed by atoms with Crippen LogP contribution in [0, 0.1) is 0 Å². The number of aliphatic carboxylic acids is 1. The van der Waals surface area contributed by atoms with Crippen molar-refractivity contribution in [3.05, 3.63) is 142 Å². The van der Waals surface area contributed by atoms with Crippen LogP contribution in [0.4, 0.5) is 5.13 Å². The largest absolute Gasteiger partial charge is 0.477 e. The first-order valence-electron chi connectivity index (χ1n) is 18.0. The number of carboxylic acids is 1. The number of carboxylic acid groups (broad SMARTS) is 1. The molecular formula is C42H42ClN5O7S2.